The predicted octanol–water partition coefficient (Wildman–Crippen LogP) is 0.939. The van der Waals surface area contributed by atoms with Crippen molar-refractivity contribution in [2.75, 3.05) is 19.8 Å². The predicted molar refractivity (Wildman–Crippen MR) is 49.3 cm³/mol. The maximum Gasteiger partial charge on any atom is 0.223 e. The van der Waals surface area contributed by atoms with E-state index in [0.29, 0.717) is 5.41 Å². The first-order valence-electron chi connectivity index (χ1n) is 5.14. The lowest BCUT2D eigenvalue weighted by Crippen LogP contribution is -2.29. The van der Waals surface area contributed by atoms with Gasteiger partial charge in [0.2, 0.25) is 5.91 Å². The van der Waals surface area contributed by atoms with Gasteiger partial charge in [0, 0.05) is 25.7 Å². The van der Waals surface area contributed by atoms with Gasteiger partial charge in [-0.1, -0.05) is 0 Å². The van der Waals surface area contributed by atoms with Crippen LogP contribution < -0.4 is 5.32 Å². The van der Waals surface area contributed by atoms with Gasteiger partial charge in [-0.15, -0.1) is 0 Å². The molecule has 2 rings (SSSR count). The first kappa shape index (κ1) is 9.00. The molecule has 1 amide bonds. The van der Waals surface area contributed by atoms with Crippen LogP contribution in [0.4, 0.5) is 0 Å². The molecule has 1 aliphatic carbocycles. The third-order valence-corrected chi connectivity index (χ3v) is 3.35. The van der Waals surface area contributed by atoms with Gasteiger partial charge in [0.05, 0.1) is 0 Å². The van der Waals surface area contributed by atoms with Crippen LogP contribution in [0.1, 0.15) is 26.2 Å². The van der Waals surface area contributed by atoms with E-state index in [1.807, 2.05) is 6.92 Å². The minimum atomic E-state index is 0.254. The average Bonchev–Trinajstić information content (AvgIpc) is 2.81. The van der Waals surface area contributed by atoms with Crippen molar-refractivity contribution < 1.29 is 9.53 Å². The molecule has 0 aromatic carbocycles. The Morgan fingerprint density at radius 2 is 2.23 bits per heavy atom. The summed E-state index contributed by atoms with van der Waals surface area (Å²) in [5.74, 6) is 0.542. The first-order valence-corrected chi connectivity index (χ1v) is 5.14. The van der Waals surface area contributed by atoms with Crippen LogP contribution in [0, 0.1) is 11.3 Å². The molecular formula is C10H17NO2. The summed E-state index contributed by atoms with van der Waals surface area (Å²) >= 11 is 0. The molecule has 13 heavy (non-hydrogen) atoms. The summed E-state index contributed by atoms with van der Waals surface area (Å²) in [4.78, 5) is 11.5. The van der Waals surface area contributed by atoms with Gasteiger partial charge in [0.1, 0.15) is 0 Å². The number of hydrogen-bond donors (Lipinski definition) is 1. The molecule has 1 atom stereocenters. The van der Waals surface area contributed by atoms with E-state index >= 15 is 0 Å². The molecule has 1 saturated heterocycles. The Morgan fingerprint density at radius 3 is 2.85 bits per heavy atom. The van der Waals surface area contributed by atoms with E-state index < -0.39 is 0 Å². The molecule has 1 unspecified atom stereocenters. The summed E-state index contributed by atoms with van der Waals surface area (Å²) in [5.41, 5.74) is 0.331. The summed E-state index contributed by atoms with van der Waals surface area (Å²) in [6, 6.07) is 0. The van der Waals surface area contributed by atoms with Gasteiger partial charge in [-0.05, 0) is 31.6 Å². The number of hydrogen-bond acceptors (Lipinski definition) is 2. The van der Waals surface area contributed by atoms with Crippen LogP contribution in [0.5, 0.6) is 0 Å². The monoisotopic (exact) mass is 183 g/mol. The lowest BCUT2D eigenvalue weighted by atomic mass is 9.94. The minimum absolute atomic E-state index is 0.254. The molecular weight excluding hydrogens is 166 g/mol. The van der Waals surface area contributed by atoms with Gasteiger partial charge >= 0.3 is 0 Å². The number of carbonyl (C=O) groups is 1. The van der Waals surface area contributed by atoms with Gasteiger partial charge in [-0.25, -0.2) is 0 Å². The fourth-order valence-electron chi connectivity index (χ4n) is 2.35. The molecule has 1 heterocycles. The number of nitrogens with one attached hydrogen (secondary N) is 1. The highest BCUT2D eigenvalue weighted by molar-refractivity contribution is 5.82. The zero-order chi connectivity index (χ0) is 9.31. The third kappa shape index (κ3) is 1.57. The van der Waals surface area contributed by atoms with Gasteiger partial charge < -0.3 is 10.1 Å². The Kier molecular flexibility index (Phi) is 2.28. The van der Waals surface area contributed by atoms with Gasteiger partial charge in [-0.3, -0.25) is 4.79 Å². The maximum absolute atomic E-state index is 11.5. The summed E-state index contributed by atoms with van der Waals surface area (Å²) in [7, 11) is 0. The zero-order valence-corrected chi connectivity index (χ0v) is 8.14. The first-order chi connectivity index (χ1) is 6.28. The molecule has 3 heteroatoms. The summed E-state index contributed by atoms with van der Waals surface area (Å²) in [5, 5.41) is 2.90. The normalized spacial score (nSPS) is 30.1. The number of rotatable bonds is 2. The van der Waals surface area contributed by atoms with Crippen molar-refractivity contribution in [3.8, 4) is 0 Å². The topological polar surface area (TPSA) is 38.3 Å². The van der Waals surface area contributed by atoms with Crippen molar-refractivity contribution in [2.45, 2.75) is 26.2 Å². The van der Waals surface area contributed by atoms with Crippen molar-refractivity contribution in [3.63, 3.8) is 0 Å². The van der Waals surface area contributed by atoms with Gasteiger partial charge in [0.25, 0.3) is 0 Å². The van der Waals surface area contributed by atoms with Gasteiger partial charge in [0.15, 0.2) is 0 Å². The second kappa shape index (κ2) is 3.29. The molecule has 0 aromatic rings. The van der Waals surface area contributed by atoms with E-state index in [1.165, 1.54) is 0 Å². The number of ether oxygens (including phenoxy) is 1. The van der Waals surface area contributed by atoms with E-state index in [1.54, 1.807) is 0 Å². The number of amides is 1. The molecule has 0 radical (unpaired) electrons. The summed E-state index contributed by atoms with van der Waals surface area (Å²) in [6.07, 6.45) is 3.24. The van der Waals surface area contributed by atoms with Crippen LogP contribution in [0.15, 0.2) is 0 Å². The quantitative estimate of drug-likeness (QED) is 0.692. The highest BCUT2D eigenvalue weighted by atomic mass is 16.5. The molecule has 2 aliphatic rings. The van der Waals surface area contributed by atoms with Crippen molar-refractivity contribution >= 4 is 5.91 Å². The van der Waals surface area contributed by atoms with Crippen LogP contribution in [0.3, 0.4) is 0 Å². The SMILES string of the molecule is CCNC(=O)C1CC12CCOCC2. The molecule has 74 valence electrons. The lowest BCUT2D eigenvalue weighted by Gasteiger charge is -2.22. The van der Waals surface area contributed by atoms with E-state index in [9.17, 15) is 4.79 Å². The van der Waals surface area contributed by atoms with E-state index in [0.717, 1.165) is 39.0 Å². The number of carbonyl (C=O) groups excluding carboxylic acids is 1. The zero-order valence-electron chi connectivity index (χ0n) is 8.14. The Bertz CT molecular complexity index is 209. The Hall–Kier alpha value is -0.570. The second-order valence-corrected chi connectivity index (χ2v) is 4.13. The Balaban J connectivity index is 1.88. The fraction of sp³-hybridized carbons (Fsp3) is 0.900. The van der Waals surface area contributed by atoms with Crippen molar-refractivity contribution in [3.05, 3.63) is 0 Å². The van der Waals surface area contributed by atoms with E-state index in [2.05, 4.69) is 5.32 Å². The fourth-order valence-corrected chi connectivity index (χ4v) is 2.35. The van der Waals surface area contributed by atoms with Crippen molar-refractivity contribution in [1.29, 1.82) is 0 Å². The van der Waals surface area contributed by atoms with E-state index in [-0.39, 0.29) is 11.8 Å². The van der Waals surface area contributed by atoms with E-state index in [4.69, 9.17) is 4.74 Å². The van der Waals surface area contributed by atoms with Crippen LogP contribution >= 0.6 is 0 Å². The lowest BCUT2D eigenvalue weighted by molar-refractivity contribution is -0.123. The minimum Gasteiger partial charge on any atom is -0.381 e. The largest absolute Gasteiger partial charge is 0.381 e. The van der Waals surface area contributed by atoms with Gasteiger partial charge in [-0.2, -0.15) is 0 Å². The molecule has 1 spiro atoms. The molecule has 2 fully saturated rings. The Morgan fingerprint density at radius 1 is 1.54 bits per heavy atom. The summed E-state index contributed by atoms with van der Waals surface area (Å²) in [6.45, 7) is 4.41. The van der Waals surface area contributed by atoms with Crippen LogP contribution in [0.25, 0.3) is 0 Å². The molecule has 0 bridgehead atoms. The standard InChI is InChI=1S/C10H17NO2/c1-2-11-9(12)8-7-10(8)3-5-13-6-4-10/h8H,2-7H2,1H3,(H,11,12). The highest BCUT2D eigenvalue weighted by Crippen LogP contribution is 2.59. The highest BCUT2D eigenvalue weighted by Gasteiger charge is 2.57. The van der Waals surface area contributed by atoms with Crippen molar-refractivity contribution in [1.82, 2.24) is 5.32 Å². The molecule has 1 aliphatic heterocycles. The van der Waals surface area contributed by atoms with Crippen LogP contribution in [-0.2, 0) is 9.53 Å². The smallest absolute Gasteiger partial charge is 0.223 e. The van der Waals surface area contributed by atoms with Crippen molar-refractivity contribution in [2.24, 2.45) is 11.3 Å². The summed E-state index contributed by atoms with van der Waals surface area (Å²) < 4.78 is 5.30. The molecule has 1 saturated carbocycles. The van der Waals surface area contributed by atoms with Crippen LogP contribution in [0.2, 0.25) is 0 Å². The molecule has 1 N–H and O–H groups in total. The molecule has 3 nitrogen and oxygen atoms in total. The maximum atomic E-state index is 11.5. The average molecular weight is 183 g/mol. The van der Waals surface area contributed by atoms with Crippen LogP contribution in [-0.4, -0.2) is 25.7 Å². The Labute approximate surface area is 78.8 Å². The second-order valence-electron chi connectivity index (χ2n) is 4.13. The third-order valence-electron chi connectivity index (χ3n) is 3.35. The molecule has 0 aromatic heterocycles.